The van der Waals surface area contributed by atoms with Crippen LogP contribution in [0.2, 0.25) is 0 Å². The third kappa shape index (κ3) is 3.63. The van der Waals surface area contributed by atoms with E-state index in [1.54, 1.807) is 7.05 Å². The fourth-order valence-corrected chi connectivity index (χ4v) is 2.09. The van der Waals surface area contributed by atoms with Crippen LogP contribution in [0.25, 0.3) is 0 Å². The largest absolute Gasteiger partial charge is 0.484 e. The van der Waals surface area contributed by atoms with Crippen molar-refractivity contribution in [2.45, 2.75) is 32.2 Å². The van der Waals surface area contributed by atoms with Crippen LogP contribution in [0.3, 0.4) is 0 Å². The molecule has 0 saturated heterocycles. The van der Waals surface area contributed by atoms with Crippen LogP contribution in [-0.2, 0) is 11.3 Å². The SMILES string of the molecule is Cc1cccc(OCC(=O)N(C)Cc2noc(C3CC3)n2)c1. The lowest BCUT2D eigenvalue weighted by molar-refractivity contribution is -0.132. The number of rotatable bonds is 6. The molecule has 1 fully saturated rings. The van der Waals surface area contributed by atoms with Crippen molar-refractivity contribution in [1.29, 1.82) is 0 Å². The van der Waals surface area contributed by atoms with Gasteiger partial charge < -0.3 is 14.2 Å². The first-order chi connectivity index (χ1) is 10.6. The van der Waals surface area contributed by atoms with Gasteiger partial charge in [-0.15, -0.1) is 0 Å². The Morgan fingerprint density at radius 2 is 2.27 bits per heavy atom. The number of benzene rings is 1. The standard InChI is InChI=1S/C16H19N3O3/c1-11-4-3-5-13(8-11)21-10-15(20)19(2)9-14-17-16(22-18-14)12-6-7-12/h3-5,8,12H,6-7,9-10H2,1-2H3. The molecule has 1 aliphatic rings. The average Bonchev–Trinajstić information content (AvgIpc) is 3.25. The summed E-state index contributed by atoms with van der Waals surface area (Å²) in [7, 11) is 1.70. The van der Waals surface area contributed by atoms with Gasteiger partial charge in [-0.2, -0.15) is 4.98 Å². The Morgan fingerprint density at radius 1 is 1.45 bits per heavy atom. The Labute approximate surface area is 129 Å². The highest BCUT2D eigenvalue weighted by molar-refractivity contribution is 5.77. The molecule has 1 saturated carbocycles. The van der Waals surface area contributed by atoms with Crippen molar-refractivity contribution in [3.8, 4) is 5.75 Å². The Kier molecular flexibility index (Phi) is 4.09. The Bertz CT molecular complexity index is 664. The molecule has 6 heteroatoms. The number of aryl methyl sites for hydroxylation is 1. The predicted octanol–water partition coefficient (Wildman–Crippen LogP) is 2.29. The molecule has 1 aliphatic carbocycles. The van der Waals surface area contributed by atoms with Gasteiger partial charge in [0.25, 0.3) is 5.91 Å². The van der Waals surface area contributed by atoms with Crippen molar-refractivity contribution in [2.75, 3.05) is 13.7 Å². The van der Waals surface area contributed by atoms with Gasteiger partial charge in [-0.3, -0.25) is 4.79 Å². The molecule has 2 aromatic rings. The molecule has 0 N–H and O–H groups in total. The fraction of sp³-hybridized carbons (Fsp3) is 0.438. The molecule has 0 atom stereocenters. The van der Waals surface area contributed by atoms with Crippen LogP contribution in [0.5, 0.6) is 5.75 Å². The van der Waals surface area contributed by atoms with Gasteiger partial charge in [0.1, 0.15) is 5.75 Å². The van der Waals surface area contributed by atoms with Crippen LogP contribution >= 0.6 is 0 Å². The van der Waals surface area contributed by atoms with Crippen molar-refractivity contribution >= 4 is 5.91 Å². The summed E-state index contributed by atoms with van der Waals surface area (Å²) < 4.78 is 10.7. The van der Waals surface area contributed by atoms with E-state index < -0.39 is 0 Å². The summed E-state index contributed by atoms with van der Waals surface area (Å²) in [5.74, 6) is 2.21. The lowest BCUT2D eigenvalue weighted by atomic mass is 10.2. The van der Waals surface area contributed by atoms with Crippen LogP contribution in [0.15, 0.2) is 28.8 Å². The van der Waals surface area contributed by atoms with E-state index in [0.717, 1.165) is 18.4 Å². The lowest BCUT2D eigenvalue weighted by Gasteiger charge is -2.15. The number of hydrogen-bond acceptors (Lipinski definition) is 5. The highest BCUT2D eigenvalue weighted by Gasteiger charge is 2.29. The zero-order chi connectivity index (χ0) is 15.5. The third-order valence-electron chi connectivity index (χ3n) is 3.57. The molecule has 0 radical (unpaired) electrons. The van der Waals surface area contributed by atoms with Gasteiger partial charge in [0.05, 0.1) is 6.54 Å². The first-order valence-corrected chi connectivity index (χ1v) is 7.38. The van der Waals surface area contributed by atoms with E-state index in [1.165, 1.54) is 4.90 Å². The molecular weight excluding hydrogens is 282 g/mol. The molecular formula is C16H19N3O3. The van der Waals surface area contributed by atoms with Crippen LogP contribution in [0.4, 0.5) is 0 Å². The van der Waals surface area contributed by atoms with E-state index in [9.17, 15) is 4.79 Å². The van der Waals surface area contributed by atoms with Gasteiger partial charge in [-0.1, -0.05) is 17.3 Å². The zero-order valence-corrected chi connectivity index (χ0v) is 12.8. The Balaban J connectivity index is 1.50. The summed E-state index contributed by atoms with van der Waals surface area (Å²) in [6.45, 7) is 2.30. The molecule has 22 heavy (non-hydrogen) atoms. The molecule has 6 nitrogen and oxygen atoms in total. The van der Waals surface area contributed by atoms with E-state index in [1.807, 2.05) is 31.2 Å². The second-order valence-corrected chi connectivity index (χ2v) is 5.68. The summed E-state index contributed by atoms with van der Waals surface area (Å²) in [4.78, 5) is 17.9. The van der Waals surface area contributed by atoms with Gasteiger partial charge in [0.15, 0.2) is 12.4 Å². The molecule has 1 aromatic heterocycles. The van der Waals surface area contributed by atoms with E-state index >= 15 is 0 Å². The summed E-state index contributed by atoms with van der Waals surface area (Å²) in [5.41, 5.74) is 1.10. The summed E-state index contributed by atoms with van der Waals surface area (Å²) in [6, 6.07) is 7.61. The number of aromatic nitrogens is 2. The monoisotopic (exact) mass is 301 g/mol. The minimum atomic E-state index is -0.126. The van der Waals surface area contributed by atoms with Crippen molar-refractivity contribution in [3.05, 3.63) is 41.5 Å². The minimum absolute atomic E-state index is 0.00666. The first kappa shape index (κ1) is 14.6. The first-order valence-electron chi connectivity index (χ1n) is 7.38. The van der Waals surface area contributed by atoms with Gasteiger partial charge in [-0.05, 0) is 37.5 Å². The number of carbonyl (C=O) groups is 1. The number of nitrogens with zero attached hydrogens (tertiary/aromatic N) is 3. The van der Waals surface area contributed by atoms with Crippen molar-refractivity contribution in [1.82, 2.24) is 15.0 Å². The number of amides is 1. The highest BCUT2D eigenvalue weighted by Crippen LogP contribution is 2.38. The van der Waals surface area contributed by atoms with Gasteiger partial charge >= 0.3 is 0 Å². The van der Waals surface area contributed by atoms with Crippen LogP contribution in [0, 0.1) is 6.92 Å². The maximum atomic E-state index is 12.1. The molecule has 0 bridgehead atoms. The van der Waals surface area contributed by atoms with Crippen LogP contribution in [0.1, 0.15) is 36.0 Å². The number of hydrogen-bond donors (Lipinski definition) is 0. The maximum Gasteiger partial charge on any atom is 0.260 e. The quantitative estimate of drug-likeness (QED) is 0.819. The van der Waals surface area contributed by atoms with Gasteiger partial charge in [0.2, 0.25) is 5.89 Å². The second kappa shape index (κ2) is 6.17. The van der Waals surface area contributed by atoms with E-state index in [2.05, 4.69) is 10.1 Å². The van der Waals surface area contributed by atoms with Crippen molar-refractivity contribution in [2.24, 2.45) is 0 Å². The maximum absolute atomic E-state index is 12.1. The average molecular weight is 301 g/mol. The van der Waals surface area contributed by atoms with E-state index in [4.69, 9.17) is 9.26 Å². The summed E-state index contributed by atoms with van der Waals surface area (Å²) in [5, 5.41) is 3.91. The molecule has 116 valence electrons. The molecule has 1 amide bonds. The fourth-order valence-electron chi connectivity index (χ4n) is 2.09. The minimum Gasteiger partial charge on any atom is -0.484 e. The molecule has 1 aromatic carbocycles. The number of ether oxygens (including phenoxy) is 1. The number of carbonyl (C=O) groups excluding carboxylic acids is 1. The van der Waals surface area contributed by atoms with Crippen molar-refractivity contribution < 1.29 is 14.1 Å². The van der Waals surface area contributed by atoms with Crippen LogP contribution < -0.4 is 4.74 Å². The second-order valence-electron chi connectivity index (χ2n) is 5.68. The molecule has 3 rings (SSSR count). The van der Waals surface area contributed by atoms with Crippen molar-refractivity contribution in [3.63, 3.8) is 0 Å². The Hall–Kier alpha value is -2.37. The Morgan fingerprint density at radius 3 is 3.00 bits per heavy atom. The lowest BCUT2D eigenvalue weighted by Crippen LogP contribution is -2.31. The smallest absolute Gasteiger partial charge is 0.260 e. The van der Waals surface area contributed by atoms with Crippen LogP contribution in [-0.4, -0.2) is 34.6 Å². The third-order valence-corrected chi connectivity index (χ3v) is 3.57. The molecule has 0 spiro atoms. The number of likely N-dealkylation sites (N-methyl/N-ethyl adjacent to an activating group) is 1. The zero-order valence-electron chi connectivity index (χ0n) is 12.8. The topological polar surface area (TPSA) is 68.5 Å². The van der Waals surface area contributed by atoms with Gasteiger partial charge in [0, 0.05) is 13.0 Å². The highest BCUT2D eigenvalue weighted by atomic mass is 16.5. The summed E-state index contributed by atoms with van der Waals surface area (Å²) in [6.07, 6.45) is 2.22. The molecule has 1 heterocycles. The molecule has 0 unspecified atom stereocenters. The van der Waals surface area contributed by atoms with E-state index in [0.29, 0.717) is 29.9 Å². The molecule has 0 aliphatic heterocycles. The van der Waals surface area contributed by atoms with Gasteiger partial charge in [-0.25, -0.2) is 0 Å². The van der Waals surface area contributed by atoms with E-state index in [-0.39, 0.29) is 12.5 Å². The summed E-state index contributed by atoms with van der Waals surface area (Å²) >= 11 is 0. The normalized spacial score (nSPS) is 13.9. The predicted molar refractivity (Wildman–Crippen MR) is 79.4 cm³/mol.